The van der Waals surface area contributed by atoms with Crippen molar-refractivity contribution in [3.05, 3.63) is 157 Å². The van der Waals surface area contributed by atoms with Gasteiger partial charge in [0.1, 0.15) is 56.0 Å². The van der Waals surface area contributed by atoms with E-state index < -0.39 is 92.0 Å². The Balaban J connectivity index is -0.00000105. The molecule has 2 aromatic heterocycles. The first-order chi connectivity index (χ1) is 35.1. The van der Waals surface area contributed by atoms with Crippen LogP contribution in [0.2, 0.25) is 0 Å². The number of rotatable bonds is 12. The fraction of sp³-hybridized carbons (Fsp3) is 0.347. The van der Waals surface area contributed by atoms with E-state index in [1.165, 1.54) is 57.9 Å². The molecule has 0 unspecified atom stereocenters. The Hall–Kier alpha value is -3.43. The molecule has 7 rings (SSSR count). The molecule has 5 N–H and O–H groups in total. The maximum Gasteiger partial charge on any atom is 1.00 e. The molecule has 0 saturated carbocycles. The fourth-order valence-electron chi connectivity index (χ4n) is 6.92. The number of nitrogens with one attached hydrogen (secondary N) is 2. The summed E-state index contributed by atoms with van der Waals surface area (Å²) in [5.41, 5.74) is -1.92. The van der Waals surface area contributed by atoms with E-state index in [1.807, 2.05) is 13.8 Å². The summed E-state index contributed by atoms with van der Waals surface area (Å²) in [6, 6.07) is 21.0. The van der Waals surface area contributed by atoms with Crippen molar-refractivity contribution in [2.24, 2.45) is 0 Å². The maximum absolute atomic E-state index is 12.0. The van der Waals surface area contributed by atoms with Gasteiger partial charge in [0.05, 0.1) is 41.8 Å². The van der Waals surface area contributed by atoms with Crippen molar-refractivity contribution in [1.82, 2.24) is 19.1 Å². The quantitative estimate of drug-likeness (QED) is 0.0193. The van der Waals surface area contributed by atoms with Crippen molar-refractivity contribution in [2.75, 3.05) is 19.8 Å². The van der Waals surface area contributed by atoms with E-state index in [-0.39, 0.29) is 159 Å². The number of hydrogen-bond donors (Lipinski definition) is 5. The Morgan fingerprint density at radius 3 is 1.56 bits per heavy atom. The number of aliphatic hydroxyl groups excluding tert-OH is 3. The predicted octanol–water partition coefficient (Wildman–Crippen LogP) is -8.96. The van der Waals surface area contributed by atoms with Gasteiger partial charge in [0.25, 0.3) is 11.1 Å². The van der Waals surface area contributed by atoms with E-state index in [1.54, 1.807) is 42.5 Å². The van der Waals surface area contributed by atoms with Crippen molar-refractivity contribution in [3.63, 3.8) is 0 Å². The van der Waals surface area contributed by atoms with E-state index >= 15 is 0 Å². The number of ether oxygens (including phenoxy) is 3. The zero-order valence-electron chi connectivity index (χ0n) is 42.8. The van der Waals surface area contributed by atoms with Crippen molar-refractivity contribution in [3.8, 4) is 23.7 Å². The maximum atomic E-state index is 12.0. The number of aromatic nitrogens is 4. The summed E-state index contributed by atoms with van der Waals surface area (Å²) in [5.74, 6) is 10.9. The molecule has 6 atom stereocenters. The van der Waals surface area contributed by atoms with Crippen LogP contribution < -0.4 is 127 Å². The van der Waals surface area contributed by atoms with E-state index in [2.05, 4.69) is 46.3 Å². The average Bonchev–Trinajstić information content (AvgIpc) is 3.95. The molecule has 23 nitrogen and oxygen atoms in total. The van der Waals surface area contributed by atoms with Crippen LogP contribution >= 0.6 is 7.92 Å². The summed E-state index contributed by atoms with van der Waals surface area (Å²) in [5, 5.41) is 29.9. The monoisotopic (exact) mass is 1210 g/mol. The minimum Gasteiger partial charge on any atom is -0.744 e. The van der Waals surface area contributed by atoms with Crippen LogP contribution in [0.15, 0.2) is 127 Å². The Kier molecular flexibility index (Phi) is 39.6. The predicted molar refractivity (Wildman–Crippen MR) is 283 cm³/mol. The third-order valence-electron chi connectivity index (χ3n) is 10.2. The average molecular weight is 1210 g/mol. The molecule has 2 saturated heterocycles. The minimum atomic E-state index is -4.65. The normalized spacial score (nSPS) is 17.4. The zero-order chi connectivity index (χ0) is 54.8. The Bertz CT molecular complexity index is 3420. The summed E-state index contributed by atoms with van der Waals surface area (Å²) in [4.78, 5) is 50.8. The smallest absolute Gasteiger partial charge is 0.744 e. The Morgan fingerprint density at radius 2 is 1.19 bits per heavy atom. The molecule has 3 aromatic carbocycles. The third-order valence-corrected chi connectivity index (χ3v) is 14.3. The molecule has 5 aromatic rings. The number of nitrogens with zero attached hydrogens (tertiary/aromatic N) is 2. The molecular weight excluding hydrogens is 1160 g/mol. The molecule has 31 heteroatoms. The van der Waals surface area contributed by atoms with Crippen molar-refractivity contribution in [1.29, 1.82) is 0 Å². The zero-order valence-corrected chi connectivity index (χ0v) is 52.1. The second-order valence-corrected chi connectivity index (χ2v) is 20.6. The first-order valence-corrected chi connectivity index (χ1v) is 27.0. The Morgan fingerprint density at radius 1 is 0.762 bits per heavy atom. The Labute approximate surface area is 534 Å². The summed E-state index contributed by atoms with van der Waals surface area (Å²) in [7, 11) is -13.8. The van der Waals surface area contributed by atoms with E-state index in [9.17, 15) is 55.3 Å². The molecule has 0 amide bonds. The minimum absolute atomic E-state index is 0. The second-order valence-electron chi connectivity index (χ2n) is 15.3. The molecular formula is C49H56BN4Na3O19PS3. The van der Waals surface area contributed by atoms with E-state index in [4.69, 9.17) is 31.9 Å². The van der Waals surface area contributed by atoms with E-state index in [0.29, 0.717) is 36.5 Å². The molecule has 2 aliphatic heterocycles. The van der Waals surface area contributed by atoms with Crippen LogP contribution in [0.3, 0.4) is 0 Å². The van der Waals surface area contributed by atoms with Crippen LogP contribution in [0.5, 0.6) is 0 Å². The van der Waals surface area contributed by atoms with Crippen LogP contribution in [-0.2, 0) is 45.1 Å². The molecule has 3 radical (unpaired) electrons. The molecule has 2 aliphatic rings. The van der Waals surface area contributed by atoms with Crippen LogP contribution in [-0.4, -0.2) is 126 Å². The van der Waals surface area contributed by atoms with Gasteiger partial charge in [-0.25, -0.2) is 26.4 Å². The fourth-order valence-corrected chi connectivity index (χ4v) is 10.5. The van der Waals surface area contributed by atoms with Crippen molar-refractivity contribution >= 4 is 63.1 Å². The van der Waals surface area contributed by atoms with Gasteiger partial charge < -0.3 is 38.6 Å². The third kappa shape index (κ3) is 24.4. The molecule has 0 bridgehead atoms. The second kappa shape index (κ2) is 39.2. The van der Waals surface area contributed by atoms with Gasteiger partial charge in [0.15, 0.2) is 0 Å². The number of benzene rings is 3. The molecule has 4 heterocycles. The summed E-state index contributed by atoms with van der Waals surface area (Å²) in [6.07, 6.45) is 2.21. The summed E-state index contributed by atoms with van der Waals surface area (Å²) < 4.78 is 113. The van der Waals surface area contributed by atoms with E-state index in [0.717, 1.165) is 5.30 Å². The number of aliphatic hydroxyl groups is 3. The van der Waals surface area contributed by atoms with Gasteiger partial charge in [0.2, 0.25) is 0 Å². The van der Waals surface area contributed by atoms with Gasteiger partial charge in [-0.1, -0.05) is 90.6 Å². The first kappa shape index (κ1) is 80.8. The standard InChI is InChI=1S/C18H14O6PS2.C16H20N2O5.C13H16N2O5.2CH4.B.3Na.O3S/c19-26(20,21)17-10-4-8-15(12-17)25(14-6-2-1-3-7-14)16-9-5-11-18(13-16)27(22,23)24;1-3-5-6-11-9-18(16(21)17-15(11)20)14-8-12(22-7-4-2)13(10-19)23-14;1-2-3-4-8-6-15(13(19)14-12(8)18)11-5-9(17)10(7-16)20-11;;;;;;;1-4(2)3/h1-2,4-13H,(H,19,20,21)(H,22,23,24);4,9,12-14,19H,2-3,7-8,10H2,1H3,(H,17,20,21);6,9-11,16-17H,2,5,7H2,1H3,(H,14,18,19);2*1H4;;;;;/q-1;;;;;;3*+1;/p-2/t;12-,13-,14-;9-,10-,11-;;;;;;;/m.11......./s1. The molecule has 415 valence electrons. The van der Waals surface area contributed by atoms with Crippen LogP contribution in [0.25, 0.3) is 0 Å². The summed E-state index contributed by atoms with van der Waals surface area (Å²) >= 11 is 0. The first-order valence-electron chi connectivity index (χ1n) is 21.8. The number of hydrogen-bond acceptors (Lipinski definition) is 19. The van der Waals surface area contributed by atoms with Gasteiger partial charge in [-0.15, -0.1) is 24.5 Å². The number of H-pyrrole nitrogens is 2. The van der Waals surface area contributed by atoms with Gasteiger partial charge in [-0.3, -0.25) is 28.7 Å². The van der Waals surface area contributed by atoms with Crippen molar-refractivity contribution < 1.29 is 157 Å². The number of aromatic amines is 2. The van der Waals surface area contributed by atoms with Gasteiger partial charge in [-0.2, -0.15) is 30.3 Å². The topological polar surface area (TPSA) is 364 Å². The largest absolute Gasteiger partial charge is 1.00 e. The SMILES string of the molecule is C.C.C=CCO[C@@H]1C[C@H](n2cc(C#CCC)c(=O)[nH]c2=O)O[C@@H]1CO.CCC#Cc1cn([C@H]2C[C@@H](O)[C@@H](CO)O2)c(=O)[nH]c1=O.O=S(=O)([O-])c1cccc(P(c2c[c-]ccc2)c2cccc(S(=O)(=O)[O-])c2)c1.O=S(=O)=O.[B].[Na+].[Na+].[Na+]. The molecule has 2 fully saturated rings. The molecule has 80 heavy (non-hydrogen) atoms. The van der Waals surface area contributed by atoms with Gasteiger partial charge in [-0.05, 0) is 34.9 Å². The van der Waals surface area contributed by atoms with Gasteiger partial charge >= 0.3 is 111 Å². The molecule has 0 aliphatic carbocycles. The van der Waals surface area contributed by atoms with Gasteiger partial charge in [0, 0.05) is 46.5 Å². The van der Waals surface area contributed by atoms with Crippen LogP contribution in [0.1, 0.15) is 78.0 Å². The van der Waals surface area contributed by atoms with Crippen molar-refractivity contribution in [2.45, 2.75) is 101 Å². The summed E-state index contributed by atoms with van der Waals surface area (Å²) in [6.45, 7) is 7.05. The molecule has 0 spiro atoms. The van der Waals surface area contributed by atoms with Crippen LogP contribution in [0, 0.1) is 29.7 Å². The van der Waals surface area contributed by atoms with Crippen LogP contribution in [0.4, 0.5) is 0 Å².